The second-order valence-corrected chi connectivity index (χ2v) is 6.53. The smallest absolute Gasteiger partial charge is 0.280 e. The lowest BCUT2D eigenvalue weighted by Crippen LogP contribution is -2.21. The minimum atomic E-state index is -0.179. The fourth-order valence-electron chi connectivity index (χ4n) is 2.41. The van der Waals surface area contributed by atoms with Gasteiger partial charge in [-0.1, -0.05) is 23.7 Å². The fraction of sp³-hybridized carbons (Fsp3) is 0.111. The molecule has 1 aliphatic rings. The lowest BCUT2D eigenvalue weighted by molar-refractivity contribution is -0.114. The van der Waals surface area contributed by atoms with Crippen LogP contribution in [-0.2, 0) is 4.79 Å². The first-order valence-corrected chi connectivity index (χ1v) is 8.37. The Morgan fingerprint density at radius 2 is 2.04 bits per heavy atom. The lowest BCUT2D eigenvalue weighted by atomic mass is 10.1. The predicted molar refractivity (Wildman–Crippen MR) is 101 cm³/mol. The first-order valence-electron chi connectivity index (χ1n) is 7.20. The van der Waals surface area contributed by atoms with Crippen molar-refractivity contribution in [2.24, 2.45) is 5.10 Å². The van der Waals surface area contributed by atoms with Crippen molar-refractivity contribution in [1.82, 2.24) is 0 Å². The summed E-state index contributed by atoms with van der Waals surface area (Å²) < 4.78 is 6.04. The topological polar surface area (TPSA) is 41.9 Å². The molecule has 3 rings (SSSR count). The molecule has 0 aromatic heterocycles. The van der Waals surface area contributed by atoms with Gasteiger partial charge in [0.1, 0.15) is 5.75 Å². The normalized spacial score (nSPS) is 15.8. The first kappa shape index (κ1) is 16.7. The second-order valence-electron chi connectivity index (χ2n) is 5.23. The quantitative estimate of drug-likeness (QED) is 0.680. The third-order valence-corrected chi connectivity index (χ3v) is 4.46. The Morgan fingerprint density at radius 1 is 1.25 bits per heavy atom. The van der Waals surface area contributed by atoms with Crippen LogP contribution in [0.5, 0.6) is 5.75 Å². The van der Waals surface area contributed by atoms with E-state index in [4.69, 9.17) is 16.3 Å². The van der Waals surface area contributed by atoms with Gasteiger partial charge in [0.25, 0.3) is 5.91 Å². The highest BCUT2D eigenvalue weighted by molar-refractivity contribution is 9.10. The van der Waals surface area contributed by atoms with E-state index in [0.29, 0.717) is 22.0 Å². The highest BCUT2D eigenvalue weighted by Crippen LogP contribution is 2.29. The molecule has 24 heavy (non-hydrogen) atoms. The molecule has 0 saturated heterocycles. The van der Waals surface area contributed by atoms with Gasteiger partial charge in [0, 0.05) is 5.02 Å². The van der Waals surface area contributed by atoms with Crippen molar-refractivity contribution in [3.8, 4) is 5.75 Å². The molecule has 0 atom stereocenters. The summed E-state index contributed by atoms with van der Waals surface area (Å²) in [6.45, 7) is 1.81. The average Bonchev–Trinajstić information content (AvgIpc) is 2.83. The zero-order chi connectivity index (χ0) is 17.3. The van der Waals surface area contributed by atoms with Gasteiger partial charge in [0.2, 0.25) is 0 Å². The Labute approximate surface area is 153 Å². The van der Waals surface area contributed by atoms with Gasteiger partial charge in [0.05, 0.1) is 28.6 Å². The lowest BCUT2D eigenvalue weighted by Gasteiger charge is -2.11. The maximum Gasteiger partial charge on any atom is 0.280 e. The van der Waals surface area contributed by atoms with E-state index in [0.717, 1.165) is 15.8 Å². The summed E-state index contributed by atoms with van der Waals surface area (Å²) in [5.41, 5.74) is 2.73. The van der Waals surface area contributed by atoms with Gasteiger partial charge in [-0.15, -0.1) is 0 Å². The maximum atomic E-state index is 12.7. The van der Waals surface area contributed by atoms with Crippen LogP contribution >= 0.6 is 27.5 Å². The largest absolute Gasteiger partial charge is 0.496 e. The molecule has 0 saturated carbocycles. The van der Waals surface area contributed by atoms with Crippen LogP contribution in [0.15, 0.2) is 57.6 Å². The first-order chi connectivity index (χ1) is 11.5. The van der Waals surface area contributed by atoms with Crippen molar-refractivity contribution in [2.45, 2.75) is 6.92 Å². The van der Waals surface area contributed by atoms with E-state index in [1.165, 1.54) is 5.01 Å². The van der Waals surface area contributed by atoms with E-state index in [1.54, 1.807) is 31.4 Å². The summed E-state index contributed by atoms with van der Waals surface area (Å²) in [6.07, 6.45) is 1.82. The van der Waals surface area contributed by atoms with Gasteiger partial charge in [-0.2, -0.15) is 10.1 Å². The van der Waals surface area contributed by atoms with E-state index in [1.807, 2.05) is 31.2 Å². The Bertz CT molecular complexity index is 877. The van der Waals surface area contributed by atoms with Crippen molar-refractivity contribution >= 4 is 50.9 Å². The van der Waals surface area contributed by atoms with Gasteiger partial charge >= 0.3 is 0 Å². The van der Waals surface area contributed by atoms with Crippen LogP contribution in [0.3, 0.4) is 0 Å². The Balaban J connectivity index is 1.94. The molecule has 4 nitrogen and oxygen atoms in total. The molecule has 6 heteroatoms. The Morgan fingerprint density at radius 3 is 2.71 bits per heavy atom. The van der Waals surface area contributed by atoms with Crippen molar-refractivity contribution < 1.29 is 9.53 Å². The molecular weight excluding hydrogens is 392 g/mol. The van der Waals surface area contributed by atoms with Crippen LogP contribution < -0.4 is 9.75 Å². The number of ether oxygens (including phenoxy) is 1. The van der Waals surface area contributed by atoms with E-state index in [2.05, 4.69) is 21.0 Å². The number of hydrogen-bond donors (Lipinski definition) is 0. The van der Waals surface area contributed by atoms with Crippen molar-refractivity contribution in [3.63, 3.8) is 0 Å². The Kier molecular flexibility index (Phi) is 4.73. The predicted octanol–water partition coefficient (Wildman–Crippen LogP) is 4.92. The highest BCUT2D eigenvalue weighted by Gasteiger charge is 2.28. The number of carbonyl (C=O) groups excluding carboxylic acids is 1. The van der Waals surface area contributed by atoms with Crippen LogP contribution in [-0.4, -0.2) is 18.7 Å². The summed E-state index contributed by atoms with van der Waals surface area (Å²) in [5, 5.41) is 6.28. The number of amides is 1. The van der Waals surface area contributed by atoms with E-state index < -0.39 is 0 Å². The Hall–Kier alpha value is -2.11. The van der Waals surface area contributed by atoms with Gasteiger partial charge in [-0.25, -0.2) is 0 Å². The minimum absolute atomic E-state index is 0.179. The minimum Gasteiger partial charge on any atom is -0.496 e. The molecule has 1 heterocycles. The van der Waals surface area contributed by atoms with Gasteiger partial charge in [0.15, 0.2) is 0 Å². The van der Waals surface area contributed by atoms with Crippen LogP contribution in [0.4, 0.5) is 5.69 Å². The van der Waals surface area contributed by atoms with Crippen LogP contribution in [0.25, 0.3) is 6.08 Å². The molecule has 122 valence electrons. The van der Waals surface area contributed by atoms with Crippen molar-refractivity contribution in [1.29, 1.82) is 0 Å². The van der Waals surface area contributed by atoms with Gasteiger partial charge in [-0.3, -0.25) is 4.79 Å². The zero-order valence-corrected chi connectivity index (χ0v) is 15.4. The summed E-state index contributed by atoms with van der Waals surface area (Å²) in [5.74, 6) is 0.558. The third-order valence-electron chi connectivity index (χ3n) is 3.60. The van der Waals surface area contributed by atoms with Crippen LogP contribution in [0.1, 0.15) is 12.5 Å². The number of anilines is 1. The van der Waals surface area contributed by atoms with Crippen LogP contribution in [0.2, 0.25) is 5.02 Å². The molecule has 2 aromatic carbocycles. The summed E-state index contributed by atoms with van der Waals surface area (Å²) >= 11 is 9.45. The SMILES string of the molecule is COc1ccc(C=C2C(=O)N(c3cccc(Cl)c3)N=C2C)cc1Br. The fourth-order valence-corrected chi connectivity index (χ4v) is 3.15. The monoisotopic (exact) mass is 404 g/mol. The zero-order valence-electron chi connectivity index (χ0n) is 13.1. The number of hydrazone groups is 1. The van der Waals surface area contributed by atoms with Crippen molar-refractivity contribution in [3.05, 3.63) is 63.1 Å². The number of hydrogen-bond acceptors (Lipinski definition) is 3. The number of carbonyl (C=O) groups is 1. The molecular formula is C18H14BrClN2O2. The molecule has 0 radical (unpaired) electrons. The standard InChI is InChI=1S/C18H14BrClN2O2/c1-11-15(8-12-6-7-17(24-2)16(19)9-12)18(23)22(21-11)14-5-3-4-13(20)10-14/h3-10H,1-2H3. The number of rotatable bonds is 3. The summed E-state index contributed by atoms with van der Waals surface area (Å²) in [6, 6.07) is 12.7. The van der Waals surface area contributed by atoms with E-state index in [9.17, 15) is 4.79 Å². The van der Waals surface area contributed by atoms with Crippen molar-refractivity contribution in [2.75, 3.05) is 12.1 Å². The molecule has 2 aromatic rings. The highest BCUT2D eigenvalue weighted by atomic mass is 79.9. The molecule has 1 amide bonds. The molecule has 0 fully saturated rings. The maximum absolute atomic E-state index is 12.7. The second kappa shape index (κ2) is 6.79. The number of methoxy groups -OCH3 is 1. The molecule has 0 N–H and O–H groups in total. The van der Waals surface area contributed by atoms with Gasteiger partial charge < -0.3 is 4.74 Å². The summed E-state index contributed by atoms with van der Waals surface area (Å²) in [7, 11) is 1.61. The molecule has 0 aliphatic carbocycles. The van der Waals surface area contributed by atoms with Gasteiger partial charge in [-0.05, 0) is 64.8 Å². The number of nitrogens with zero attached hydrogens (tertiary/aromatic N) is 2. The molecule has 0 spiro atoms. The van der Waals surface area contributed by atoms with E-state index in [-0.39, 0.29) is 5.91 Å². The number of benzene rings is 2. The average molecular weight is 406 g/mol. The van der Waals surface area contributed by atoms with Crippen LogP contribution in [0, 0.1) is 0 Å². The number of halogens is 2. The molecule has 1 aliphatic heterocycles. The molecule has 0 unspecified atom stereocenters. The molecule has 0 bridgehead atoms. The third kappa shape index (κ3) is 3.23. The van der Waals surface area contributed by atoms with E-state index >= 15 is 0 Å². The summed E-state index contributed by atoms with van der Waals surface area (Å²) in [4.78, 5) is 12.7.